The van der Waals surface area contributed by atoms with Gasteiger partial charge in [-0.25, -0.2) is 0 Å². The summed E-state index contributed by atoms with van der Waals surface area (Å²) in [6.45, 7) is 8.67. The Kier molecular flexibility index (Phi) is 6.21. The molecule has 0 N–H and O–H groups in total. The van der Waals surface area contributed by atoms with Gasteiger partial charge in [-0.1, -0.05) is 39.8 Å². The SMILES string of the molecule is CC(C)C/C=C(/C=C/C=O)C(C)C. The molecule has 0 saturated carbocycles. The molecule has 0 amide bonds. The topological polar surface area (TPSA) is 17.1 Å². The minimum absolute atomic E-state index is 0.495. The Morgan fingerprint density at radius 3 is 2.23 bits per heavy atom. The van der Waals surface area contributed by atoms with Crippen molar-refractivity contribution in [2.75, 3.05) is 0 Å². The van der Waals surface area contributed by atoms with Gasteiger partial charge in [-0.3, -0.25) is 4.79 Å². The third-order valence-electron chi connectivity index (χ3n) is 1.86. The van der Waals surface area contributed by atoms with E-state index >= 15 is 0 Å². The molecule has 74 valence electrons. The number of rotatable bonds is 5. The molecule has 0 spiro atoms. The zero-order chi connectivity index (χ0) is 10.3. The van der Waals surface area contributed by atoms with Gasteiger partial charge in [-0.15, -0.1) is 0 Å². The normalized spacial score (nSPS) is 13.2. The molecule has 0 bridgehead atoms. The lowest BCUT2D eigenvalue weighted by Crippen LogP contribution is -1.92. The Morgan fingerprint density at radius 2 is 1.85 bits per heavy atom. The summed E-state index contributed by atoms with van der Waals surface area (Å²) in [6.07, 6.45) is 7.59. The highest BCUT2D eigenvalue weighted by Gasteiger charge is 1.99. The van der Waals surface area contributed by atoms with Gasteiger partial charge < -0.3 is 0 Å². The third-order valence-corrected chi connectivity index (χ3v) is 1.86. The summed E-state index contributed by atoms with van der Waals surface area (Å²) in [5.41, 5.74) is 1.25. The Bertz CT molecular complexity index is 197. The average Bonchev–Trinajstić information content (AvgIpc) is 2.03. The predicted octanol–water partition coefficient (Wildman–Crippen LogP) is 3.37. The first-order valence-electron chi connectivity index (χ1n) is 4.89. The average molecular weight is 180 g/mol. The maximum absolute atomic E-state index is 10.2. The van der Waals surface area contributed by atoms with Crippen molar-refractivity contribution >= 4 is 6.29 Å². The van der Waals surface area contributed by atoms with Gasteiger partial charge in [0.25, 0.3) is 0 Å². The Balaban J connectivity index is 4.31. The summed E-state index contributed by atoms with van der Waals surface area (Å²) in [5, 5.41) is 0. The Hall–Kier alpha value is -0.850. The van der Waals surface area contributed by atoms with E-state index in [2.05, 4.69) is 33.8 Å². The zero-order valence-electron chi connectivity index (χ0n) is 9.08. The highest BCUT2D eigenvalue weighted by molar-refractivity contribution is 5.65. The Morgan fingerprint density at radius 1 is 1.23 bits per heavy atom. The number of aldehydes is 1. The van der Waals surface area contributed by atoms with E-state index in [0.29, 0.717) is 11.8 Å². The van der Waals surface area contributed by atoms with E-state index in [1.807, 2.05) is 6.08 Å². The van der Waals surface area contributed by atoms with Gasteiger partial charge in [-0.2, -0.15) is 0 Å². The summed E-state index contributed by atoms with van der Waals surface area (Å²) < 4.78 is 0. The van der Waals surface area contributed by atoms with Crippen LogP contribution in [-0.2, 0) is 4.79 Å². The van der Waals surface area contributed by atoms with Gasteiger partial charge in [0.1, 0.15) is 6.29 Å². The van der Waals surface area contributed by atoms with Crippen molar-refractivity contribution in [3.8, 4) is 0 Å². The second-order valence-corrected chi connectivity index (χ2v) is 3.98. The van der Waals surface area contributed by atoms with E-state index in [-0.39, 0.29) is 0 Å². The third kappa shape index (κ3) is 6.32. The van der Waals surface area contributed by atoms with Crippen molar-refractivity contribution in [1.82, 2.24) is 0 Å². The number of carbonyl (C=O) groups is 1. The maximum atomic E-state index is 10.2. The second kappa shape index (κ2) is 6.64. The molecule has 0 aromatic rings. The standard InChI is InChI=1S/C12H20O/c1-10(2)7-8-12(11(3)4)6-5-9-13/h5-6,8-11H,7H2,1-4H3/b6-5+,12-8-. The van der Waals surface area contributed by atoms with Crippen LogP contribution in [0.4, 0.5) is 0 Å². The van der Waals surface area contributed by atoms with Gasteiger partial charge in [0.05, 0.1) is 0 Å². The number of hydrogen-bond donors (Lipinski definition) is 0. The van der Waals surface area contributed by atoms with E-state index in [9.17, 15) is 4.79 Å². The van der Waals surface area contributed by atoms with Crippen LogP contribution in [0.2, 0.25) is 0 Å². The van der Waals surface area contributed by atoms with Crippen LogP contribution in [0.1, 0.15) is 34.1 Å². The minimum Gasteiger partial charge on any atom is -0.299 e. The van der Waals surface area contributed by atoms with Crippen LogP contribution in [0.15, 0.2) is 23.8 Å². The molecule has 13 heavy (non-hydrogen) atoms. The van der Waals surface area contributed by atoms with E-state index in [1.165, 1.54) is 5.57 Å². The van der Waals surface area contributed by atoms with Crippen molar-refractivity contribution in [3.63, 3.8) is 0 Å². The second-order valence-electron chi connectivity index (χ2n) is 3.98. The van der Waals surface area contributed by atoms with E-state index in [4.69, 9.17) is 0 Å². The molecule has 0 atom stereocenters. The lowest BCUT2D eigenvalue weighted by atomic mass is 9.99. The molecule has 0 aromatic heterocycles. The highest BCUT2D eigenvalue weighted by atomic mass is 16.1. The monoisotopic (exact) mass is 180 g/mol. The Labute approximate surface area is 81.5 Å². The van der Waals surface area contributed by atoms with Crippen LogP contribution in [0.5, 0.6) is 0 Å². The molecule has 0 rings (SSSR count). The molecule has 0 aromatic carbocycles. The van der Waals surface area contributed by atoms with Crippen LogP contribution in [0, 0.1) is 11.8 Å². The minimum atomic E-state index is 0.495. The molecule has 0 radical (unpaired) electrons. The predicted molar refractivity (Wildman–Crippen MR) is 57.6 cm³/mol. The van der Waals surface area contributed by atoms with Crippen LogP contribution in [0.3, 0.4) is 0 Å². The zero-order valence-corrected chi connectivity index (χ0v) is 9.08. The molecule has 0 saturated heterocycles. The molecule has 0 aliphatic carbocycles. The molecule has 0 unspecified atom stereocenters. The van der Waals surface area contributed by atoms with E-state index < -0.39 is 0 Å². The van der Waals surface area contributed by atoms with E-state index in [1.54, 1.807) is 6.08 Å². The van der Waals surface area contributed by atoms with Crippen molar-refractivity contribution in [2.45, 2.75) is 34.1 Å². The highest BCUT2D eigenvalue weighted by Crippen LogP contribution is 2.14. The molecular formula is C12H20O. The molecule has 0 aliphatic rings. The van der Waals surface area contributed by atoms with Crippen LogP contribution >= 0.6 is 0 Å². The van der Waals surface area contributed by atoms with Crippen molar-refractivity contribution in [1.29, 1.82) is 0 Å². The fraction of sp³-hybridized carbons (Fsp3) is 0.583. The van der Waals surface area contributed by atoms with Gasteiger partial charge in [-0.05, 0) is 29.9 Å². The molecule has 1 heteroatoms. The van der Waals surface area contributed by atoms with Crippen molar-refractivity contribution < 1.29 is 4.79 Å². The molecule has 0 heterocycles. The van der Waals surface area contributed by atoms with Gasteiger partial charge in [0.15, 0.2) is 0 Å². The summed E-state index contributed by atoms with van der Waals surface area (Å²) in [7, 11) is 0. The largest absolute Gasteiger partial charge is 0.299 e. The lowest BCUT2D eigenvalue weighted by molar-refractivity contribution is -0.104. The fourth-order valence-corrected chi connectivity index (χ4v) is 1.02. The van der Waals surface area contributed by atoms with E-state index in [0.717, 1.165) is 12.7 Å². The fourth-order valence-electron chi connectivity index (χ4n) is 1.02. The summed E-state index contributed by atoms with van der Waals surface area (Å²) >= 11 is 0. The van der Waals surface area contributed by atoms with Crippen molar-refractivity contribution in [3.05, 3.63) is 23.8 Å². The van der Waals surface area contributed by atoms with Gasteiger partial charge >= 0.3 is 0 Å². The summed E-state index contributed by atoms with van der Waals surface area (Å²) in [4.78, 5) is 10.2. The quantitative estimate of drug-likeness (QED) is 0.360. The summed E-state index contributed by atoms with van der Waals surface area (Å²) in [5.74, 6) is 1.17. The van der Waals surface area contributed by atoms with Crippen LogP contribution < -0.4 is 0 Å². The number of carbonyl (C=O) groups excluding carboxylic acids is 1. The van der Waals surface area contributed by atoms with Crippen LogP contribution in [-0.4, -0.2) is 6.29 Å². The molecule has 0 fully saturated rings. The van der Waals surface area contributed by atoms with Crippen LogP contribution in [0.25, 0.3) is 0 Å². The first-order chi connectivity index (χ1) is 6.07. The number of hydrogen-bond acceptors (Lipinski definition) is 1. The molecular weight excluding hydrogens is 160 g/mol. The number of allylic oxidation sites excluding steroid dienone is 4. The first kappa shape index (κ1) is 12.2. The molecule has 0 aliphatic heterocycles. The smallest absolute Gasteiger partial charge is 0.142 e. The lowest BCUT2D eigenvalue weighted by Gasteiger charge is -2.07. The molecule has 1 nitrogen and oxygen atoms in total. The first-order valence-corrected chi connectivity index (χ1v) is 4.89. The maximum Gasteiger partial charge on any atom is 0.142 e. The van der Waals surface area contributed by atoms with Gasteiger partial charge in [0, 0.05) is 0 Å². The van der Waals surface area contributed by atoms with Crippen molar-refractivity contribution in [2.24, 2.45) is 11.8 Å². The summed E-state index contributed by atoms with van der Waals surface area (Å²) in [6, 6.07) is 0. The van der Waals surface area contributed by atoms with Gasteiger partial charge in [0.2, 0.25) is 0 Å².